The lowest BCUT2D eigenvalue weighted by molar-refractivity contribution is 0.224. The predicted molar refractivity (Wildman–Crippen MR) is 91.7 cm³/mol. The van der Waals surface area contributed by atoms with Gasteiger partial charge in [-0.15, -0.1) is 11.3 Å². The third kappa shape index (κ3) is 3.11. The van der Waals surface area contributed by atoms with Gasteiger partial charge in [-0.3, -0.25) is 4.90 Å². The van der Waals surface area contributed by atoms with E-state index in [1.807, 2.05) is 24.9 Å². The summed E-state index contributed by atoms with van der Waals surface area (Å²) >= 11 is 3.73. The Bertz CT molecular complexity index is 626. The second kappa shape index (κ2) is 6.65. The number of benzene rings is 1. The SMILES string of the molecule is CNCc1sc2cccc(F)c2c1CN1CCSCC1C. The summed E-state index contributed by atoms with van der Waals surface area (Å²) in [7, 11) is 1.95. The van der Waals surface area contributed by atoms with E-state index in [2.05, 4.69) is 17.1 Å². The highest BCUT2D eigenvalue weighted by Gasteiger charge is 2.23. The number of hydrogen-bond donors (Lipinski definition) is 1. The molecule has 1 aromatic carbocycles. The zero-order valence-electron chi connectivity index (χ0n) is 12.5. The van der Waals surface area contributed by atoms with Crippen LogP contribution in [0.4, 0.5) is 4.39 Å². The summed E-state index contributed by atoms with van der Waals surface area (Å²) in [6.07, 6.45) is 0. The summed E-state index contributed by atoms with van der Waals surface area (Å²) in [5.41, 5.74) is 1.18. The second-order valence-corrected chi connectivity index (χ2v) is 7.83. The standard InChI is InChI=1S/C16H21FN2S2/c1-11-10-20-7-6-19(11)9-12-15(8-18-2)21-14-5-3-4-13(17)16(12)14/h3-5,11,18H,6-10H2,1-2H3. The molecule has 1 atom stereocenters. The van der Waals surface area contributed by atoms with E-state index >= 15 is 0 Å². The van der Waals surface area contributed by atoms with Crippen molar-refractivity contribution in [3.63, 3.8) is 0 Å². The van der Waals surface area contributed by atoms with Gasteiger partial charge in [-0.05, 0) is 31.7 Å². The van der Waals surface area contributed by atoms with Crippen LogP contribution in [0.5, 0.6) is 0 Å². The Kier molecular flexibility index (Phi) is 4.84. The lowest BCUT2D eigenvalue weighted by atomic mass is 10.1. The molecule has 1 unspecified atom stereocenters. The monoisotopic (exact) mass is 324 g/mol. The summed E-state index contributed by atoms with van der Waals surface area (Å²) in [5, 5.41) is 4.05. The minimum absolute atomic E-state index is 0.0832. The number of hydrogen-bond acceptors (Lipinski definition) is 4. The smallest absolute Gasteiger partial charge is 0.132 e. The molecule has 5 heteroatoms. The van der Waals surface area contributed by atoms with E-state index < -0.39 is 0 Å². The maximum Gasteiger partial charge on any atom is 0.132 e. The van der Waals surface area contributed by atoms with Gasteiger partial charge in [-0.1, -0.05) is 6.07 Å². The molecule has 2 heterocycles. The van der Waals surface area contributed by atoms with Crippen LogP contribution in [-0.2, 0) is 13.1 Å². The first kappa shape index (κ1) is 15.3. The molecule has 2 nitrogen and oxygen atoms in total. The van der Waals surface area contributed by atoms with E-state index in [0.717, 1.165) is 29.7 Å². The Morgan fingerprint density at radius 2 is 2.29 bits per heavy atom. The summed E-state index contributed by atoms with van der Waals surface area (Å²) in [6.45, 7) is 5.04. The highest BCUT2D eigenvalue weighted by molar-refractivity contribution is 7.99. The molecular formula is C16H21FN2S2. The summed E-state index contributed by atoms with van der Waals surface area (Å²) in [6, 6.07) is 5.98. The van der Waals surface area contributed by atoms with Crippen LogP contribution in [-0.4, -0.2) is 36.0 Å². The van der Waals surface area contributed by atoms with Crippen LogP contribution in [0.25, 0.3) is 10.1 Å². The number of halogens is 1. The van der Waals surface area contributed by atoms with Gasteiger partial charge in [0.15, 0.2) is 0 Å². The Labute approximate surface area is 133 Å². The van der Waals surface area contributed by atoms with Crippen molar-refractivity contribution in [1.82, 2.24) is 10.2 Å². The van der Waals surface area contributed by atoms with Gasteiger partial charge in [0.25, 0.3) is 0 Å². The molecule has 1 aliphatic rings. The molecule has 3 rings (SSSR count). The average molecular weight is 324 g/mol. The molecule has 21 heavy (non-hydrogen) atoms. The number of thioether (sulfide) groups is 1. The van der Waals surface area contributed by atoms with Gasteiger partial charge in [-0.25, -0.2) is 4.39 Å². The zero-order valence-corrected chi connectivity index (χ0v) is 14.1. The van der Waals surface area contributed by atoms with Gasteiger partial charge in [-0.2, -0.15) is 11.8 Å². The van der Waals surface area contributed by atoms with Crippen molar-refractivity contribution in [1.29, 1.82) is 0 Å². The highest BCUT2D eigenvalue weighted by Crippen LogP contribution is 2.35. The number of nitrogens with one attached hydrogen (secondary N) is 1. The molecule has 0 radical (unpaired) electrons. The third-order valence-electron chi connectivity index (χ3n) is 4.05. The van der Waals surface area contributed by atoms with Gasteiger partial charge in [0.1, 0.15) is 5.82 Å². The van der Waals surface area contributed by atoms with E-state index in [0.29, 0.717) is 6.04 Å². The van der Waals surface area contributed by atoms with Gasteiger partial charge >= 0.3 is 0 Å². The molecule has 1 aliphatic heterocycles. The molecule has 1 N–H and O–H groups in total. The maximum absolute atomic E-state index is 14.3. The molecular weight excluding hydrogens is 303 g/mol. The van der Waals surface area contributed by atoms with Crippen molar-refractivity contribution in [2.24, 2.45) is 0 Å². The summed E-state index contributed by atoms with van der Waals surface area (Å²) in [5.74, 6) is 2.27. The molecule has 0 aliphatic carbocycles. The van der Waals surface area contributed by atoms with Gasteiger partial charge < -0.3 is 5.32 Å². The van der Waals surface area contributed by atoms with Gasteiger partial charge in [0.05, 0.1) is 0 Å². The summed E-state index contributed by atoms with van der Waals surface area (Å²) < 4.78 is 15.4. The molecule has 1 saturated heterocycles. The van der Waals surface area contributed by atoms with E-state index in [-0.39, 0.29) is 5.82 Å². The maximum atomic E-state index is 14.3. The zero-order chi connectivity index (χ0) is 14.8. The normalized spacial score (nSPS) is 20.2. The Balaban J connectivity index is 2.00. The molecule has 0 amide bonds. The van der Waals surface area contributed by atoms with Crippen LogP contribution < -0.4 is 5.32 Å². The van der Waals surface area contributed by atoms with E-state index in [1.165, 1.54) is 21.9 Å². The topological polar surface area (TPSA) is 15.3 Å². The van der Waals surface area contributed by atoms with Crippen LogP contribution in [0.3, 0.4) is 0 Å². The molecule has 2 aromatic rings. The van der Waals surface area contributed by atoms with Crippen LogP contribution in [0.15, 0.2) is 18.2 Å². The number of rotatable bonds is 4. The van der Waals surface area contributed by atoms with Gasteiger partial charge in [0.2, 0.25) is 0 Å². The Morgan fingerprint density at radius 1 is 1.43 bits per heavy atom. The second-order valence-electron chi connectivity index (χ2n) is 5.54. The average Bonchev–Trinajstić information content (AvgIpc) is 2.81. The van der Waals surface area contributed by atoms with Crippen molar-refractivity contribution in [2.45, 2.75) is 26.1 Å². The van der Waals surface area contributed by atoms with Crippen LogP contribution in [0, 0.1) is 5.82 Å². The molecule has 0 saturated carbocycles. The lowest BCUT2D eigenvalue weighted by Gasteiger charge is -2.33. The number of fused-ring (bicyclic) bond motifs is 1. The first-order chi connectivity index (χ1) is 10.2. The fourth-order valence-corrected chi connectivity index (χ4v) is 5.21. The van der Waals surface area contributed by atoms with Gasteiger partial charge in [0, 0.05) is 52.1 Å². The Morgan fingerprint density at radius 3 is 3.05 bits per heavy atom. The van der Waals surface area contributed by atoms with E-state index in [1.54, 1.807) is 23.5 Å². The number of thiophene rings is 1. The first-order valence-electron chi connectivity index (χ1n) is 7.36. The van der Waals surface area contributed by atoms with Crippen molar-refractivity contribution in [3.05, 3.63) is 34.5 Å². The first-order valence-corrected chi connectivity index (χ1v) is 9.33. The summed E-state index contributed by atoms with van der Waals surface area (Å²) in [4.78, 5) is 3.76. The molecule has 0 spiro atoms. The van der Waals surface area contributed by atoms with Crippen LogP contribution in [0.1, 0.15) is 17.4 Å². The van der Waals surface area contributed by atoms with E-state index in [4.69, 9.17) is 0 Å². The van der Waals surface area contributed by atoms with Crippen molar-refractivity contribution >= 4 is 33.2 Å². The lowest BCUT2D eigenvalue weighted by Crippen LogP contribution is -2.39. The predicted octanol–water partition coefficient (Wildman–Crippen LogP) is 3.70. The number of nitrogens with zero attached hydrogens (tertiary/aromatic N) is 1. The highest BCUT2D eigenvalue weighted by atomic mass is 32.2. The Hall–Kier alpha value is -0.620. The molecule has 0 bridgehead atoms. The van der Waals surface area contributed by atoms with Crippen LogP contribution in [0.2, 0.25) is 0 Å². The van der Waals surface area contributed by atoms with Crippen LogP contribution >= 0.6 is 23.1 Å². The fourth-order valence-electron chi connectivity index (χ4n) is 2.89. The van der Waals surface area contributed by atoms with Crippen molar-refractivity contribution in [2.75, 3.05) is 25.1 Å². The quantitative estimate of drug-likeness (QED) is 0.923. The molecule has 1 fully saturated rings. The van der Waals surface area contributed by atoms with E-state index in [9.17, 15) is 4.39 Å². The van der Waals surface area contributed by atoms with Crippen molar-refractivity contribution < 1.29 is 4.39 Å². The van der Waals surface area contributed by atoms with Crippen molar-refractivity contribution in [3.8, 4) is 0 Å². The molecule has 114 valence electrons. The molecule has 1 aromatic heterocycles. The fraction of sp³-hybridized carbons (Fsp3) is 0.500. The third-order valence-corrected chi connectivity index (χ3v) is 6.44. The minimum atomic E-state index is -0.0832. The largest absolute Gasteiger partial charge is 0.315 e. The minimum Gasteiger partial charge on any atom is -0.315 e.